The molecule has 3 nitrogen and oxygen atoms in total. The standard InChI is InChI=1S/C11H22F3NO2/c1-4-9(5-2)15(6-7-17-3)8-10(16)11(12,13)14/h9-10,16H,4-8H2,1-3H3. The number of nitrogens with zero attached hydrogens (tertiary/aromatic N) is 1. The van der Waals surface area contributed by atoms with Crippen molar-refractivity contribution in [3.8, 4) is 0 Å². The van der Waals surface area contributed by atoms with Crippen LogP contribution >= 0.6 is 0 Å². The molecule has 0 spiro atoms. The van der Waals surface area contributed by atoms with E-state index in [1.54, 1.807) is 4.90 Å². The number of hydrogen-bond acceptors (Lipinski definition) is 3. The summed E-state index contributed by atoms with van der Waals surface area (Å²) in [5, 5.41) is 9.09. The number of hydrogen-bond donors (Lipinski definition) is 1. The van der Waals surface area contributed by atoms with Crippen LogP contribution < -0.4 is 0 Å². The zero-order valence-corrected chi connectivity index (χ0v) is 10.6. The molecule has 0 aliphatic heterocycles. The lowest BCUT2D eigenvalue weighted by atomic mass is 10.1. The summed E-state index contributed by atoms with van der Waals surface area (Å²) in [6, 6.07) is 0.0437. The fourth-order valence-electron chi connectivity index (χ4n) is 1.76. The molecular formula is C11H22F3NO2. The van der Waals surface area contributed by atoms with E-state index in [0.717, 1.165) is 12.8 Å². The molecule has 6 heteroatoms. The number of halogens is 3. The maximum absolute atomic E-state index is 12.3. The van der Waals surface area contributed by atoms with Crippen molar-refractivity contribution in [3.63, 3.8) is 0 Å². The van der Waals surface area contributed by atoms with Crippen LogP contribution in [0.15, 0.2) is 0 Å². The topological polar surface area (TPSA) is 32.7 Å². The van der Waals surface area contributed by atoms with Gasteiger partial charge < -0.3 is 9.84 Å². The smallest absolute Gasteiger partial charge is 0.383 e. The molecular weight excluding hydrogens is 235 g/mol. The Hall–Kier alpha value is -0.330. The van der Waals surface area contributed by atoms with Crippen LogP contribution in [0.25, 0.3) is 0 Å². The van der Waals surface area contributed by atoms with Gasteiger partial charge in [0.2, 0.25) is 0 Å². The Balaban J connectivity index is 4.46. The summed E-state index contributed by atoms with van der Waals surface area (Å²) in [5.41, 5.74) is 0. The highest BCUT2D eigenvalue weighted by Gasteiger charge is 2.39. The van der Waals surface area contributed by atoms with Crippen LogP contribution in [-0.2, 0) is 4.74 Å². The van der Waals surface area contributed by atoms with E-state index < -0.39 is 12.3 Å². The first-order valence-electron chi connectivity index (χ1n) is 5.84. The number of aliphatic hydroxyl groups excluding tert-OH is 1. The van der Waals surface area contributed by atoms with E-state index in [1.807, 2.05) is 13.8 Å². The quantitative estimate of drug-likeness (QED) is 0.722. The number of alkyl halides is 3. The Bertz CT molecular complexity index is 196. The normalized spacial score (nSPS) is 14.6. The summed E-state index contributed by atoms with van der Waals surface area (Å²) >= 11 is 0. The maximum Gasteiger partial charge on any atom is 0.415 e. The van der Waals surface area contributed by atoms with Gasteiger partial charge in [-0.05, 0) is 12.8 Å². The van der Waals surface area contributed by atoms with Gasteiger partial charge in [0.1, 0.15) is 0 Å². The van der Waals surface area contributed by atoms with Crippen LogP contribution in [0.3, 0.4) is 0 Å². The number of rotatable bonds is 8. The molecule has 0 amide bonds. The van der Waals surface area contributed by atoms with Crippen molar-refractivity contribution in [2.75, 3.05) is 26.8 Å². The van der Waals surface area contributed by atoms with Gasteiger partial charge in [-0.3, -0.25) is 4.90 Å². The van der Waals surface area contributed by atoms with Gasteiger partial charge in [0.15, 0.2) is 6.10 Å². The average Bonchev–Trinajstić information content (AvgIpc) is 2.25. The second-order valence-electron chi connectivity index (χ2n) is 4.02. The molecule has 0 saturated carbocycles. The molecule has 0 rings (SSSR count). The lowest BCUT2D eigenvalue weighted by Crippen LogP contribution is -2.46. The molecule has 0 aromatic heterocycles. The molecule has 1 unspecified atom stereocenters. The summed E-state index contributed by atoms with van der Waals surface area (Å²) in [6.07, 6.45) is -5.34. The highest BCUT2D eigenvalue weighted by Crippen LogP contribution is 2.22. The molecule has 17 heavy (non-hydrogen) atoms. The fraction of sp³-hybridized carbons (Fsp3) is 1.00. The molecule has 0 aromatic rings. The Morgan fingerprint density at radius 3 is 2.12 bits per heavy atom. The van der Waals surface area contributed by atoms with Crippen molar-refractivity contribution in [2.45, 2.75) is 45.0 Å². The minimum absolute atomic E-state index is 0.0437. The number of aliphatic hydroxyl groups is 1. The van der Waals surface area contributed by atoms with Gasteiger partial charge in [-0.15, -0.1) is 0 Å². The maximum atomic E-state index is 12.3. The molecule has 0 radical (unpaired) electrons. The van der Waals surface area contributed by atoms with Gasteiger partial charge in [-0.2, -0.15) is 13.2 Å². The summed E-state index contributed by atoms with van der Waals surface area (Å²) in [5.74, 6) is 0. The van der Waals surface area contributed by atoms with E-state index in [0.29, 0.717) is 13.2 Å². The van der Waals surface area contributed by atoms with Crippen molar-refractivity contribution >= 4 is 0 Å². The molecule has 0 fully saturated rings. The van der Waals surface area contributed by atoms with Crippen LogP contribution in [-0.4, -0.2) is 55.1 Å². The third-order valence-corrected chi connectivity index (χ3v) is 2.83. The second-order valence-corrected chi connectivity index (χ2v) is 4.02. The zero-order valence-electron chi connectivity index (χ0n) is 10.6. The van der Waals surface area contributed by atoms with Crippen molar-refractivity contribution in [2.24, 2.45) is 0 Å². The zero-order chi connectivity index (χ0) is 13.5. The minimum Gasteiger partial charge on any atom is -0.383 e. The van der Waals surface area contributed by atoms with Crippen LogP contribution in [0.1, 0.15) is 26.7 Å². The highest BCUT2D eigenvalue weighted by atomic mass is 19.4. The van der Waals surface area contributed by atoms with Gasteiger partial charge >= 0.3 is 6.18 Å². The number of methoxy groups -OCH3 is 1. The Morgan fingerprint density at radius 1 is 1.24 bits per heavy atom. The first kappa shape index (κ1) is 16.7. The van der Waals surface area contributed by atoms with Crippen molar-refractivity contribution in [1.82, 2.24) is 4.90 Å². The van der Waals surface area contributed by atoms with Crippen LogP contribution in [0.2, 0.25) is 0 Å². The predicted molar refractivity (Wildman–Crippen MR) is 59.9 cm³/mol. The van der Waals surface area contributed by atoms with E-state index in [2.05, 4.69) is 0 Å². The van der Waals surface area contributed by atoms with E-state index in [1.165, 1.54) is 7.11 Å². The SMILES string of the molecule is CCC(CC)N(CCOC)CC(O)C(F)(F)F. The highest BCUT2D eigenvalue weighted by molar-refractivity contribution is 4.76. The van der Waals surface area contributed by atoms with Crippen molar-refractivity contribution < 1.29 is 23.0 Å². The van der Waals surface area contributed by atoms with E-state index in [-0.39, 0.29) is 12.6 Å². The van der Waals surface area contributed by atoms with Crippen molar-refractivity contribution in [3.05, 3.63) is 0 Å². The van der Waals surface area contributed by atoms with E-state index in [9.17, 15) is 13.2 Å². The molecule has 0 bridgehead atoms. The van der Waals surface area contributed by atoms with E-state index >= 15 is 0 Å². The Kier molecular flexibility index (Phi) is 7.74. The third-order valence-electron chi connectivity index (χ3n) is 2.83. The van der Waals surface area contributed by atoms with Gasteiger partial charge in [0.25, 0.3) is 0 Å². The van der Waals surface area contributed by atoms with Gasteiger partial charge in [-0.1, -0.05) is 13.8 Å². The summed E-state index contributed by atoms with van der Waals surface area (Å²) in [7, 11) is 1.51. The third kappa shape index (κ3) is 6.24. The molecule has 1 N–H and O–H groups in total. The minimum atomic E-state index is -4.56. The Labute approximate surface area is 101 Å². The van der Waals surface area contributed by atoms with E-state index in [4.69, 9.17) is 9.84 Å². The van der Waals surface area contributed by atoms with Crippen LogP contribution in [0.4, 0.5) is 13.2 Å². The monoisotopic (exact) mass is 257 g/mol. The molecule has 0 aliphatic rings. The van der Waals surface area contributed by atoms with Crippen LogP contribution in [0, 0.1) is 0 Å². The summed E-state index contributed by atoms with van der Waals surface area (Å²) in [4.78, 5) is 1.64. The molecule has 0 aromatic carbocycles. The lowest BCUT2D eigenvalue weighted by Gasteiger charge is -2.32. The first-order chi connectivity index (χ1) is 7.86. The lowest BCUT2D eigenvalue weighted by molar-refractivity contribution is -0.209. The number of ether oxygens (including phenoxy) is 1. The van der Waals surface area contributed by atoms with Gasteiger partial charge in [0.05, 0.1) is 6.61 Å². The van der Waals surface area contributed by atoms with Gasteiger partial charge in [0, 0.05) is 26.2 Å². The largest absolute Gasteiger partial charge is 0.415 e. The predicted octanol–water partition coefficient (Wildman–Crippen LogP) is 2.05. The fourth-order valence-corrected chi connectivity index (χ4v) is 1.76. The van der Waals surface area contributed by atoms with Gasteiger partial charge in [-0.25, -0.2) is 0 Å². The Morgan fingerprint density at radius 2 is 1.76 bits per heavy atom. The molecule has 0 aliphatic carbocycles. The molecule has 0 saturated heterocycles. The summed E-state index contributed by atoms with van der Waals surface area (Å²) in [6.45, 7) is 4.22. The van der Waals surface area contributed by atoms with Crippen LogP contribution in [0.5, 0.6) is 0 Å². The molecule has 0 heterocycles. The summed E-state index contributed by atoms with van der Waals surface area (Å²) < 4.78 is 41.8. The molecule has 1 atom stereocenters. The second kappa shape index (κ2) is 7.89. The molecule has 104 valence electrons. The first-order valence-corrected chi connectivity index (χ1v) is 5.84. The average molecular weight is 257 g/mol. The van der Waals surface area contributed by atoms with Crippen molar-refractivity contribution in [1.29, 1.82) is 0 Å².